The summed E-state index contributed by atoms with van der Waals surface area (Å²) in [6.07, 6.45) is 2.70. The normalized spacial score (nSPS) is 9.93. The predicted octanol–water partition coefficient (Wildman–Crippen LogP) is 0.650. The van der Waals surface area contributed by atoms with Gasteiger partial charge in [0.05, 0.1) is 11.9 Å². The number of carbonyl (C=O) groups is 1. The number of anilines is 2. The highest BCUT2D eigenvalue weighted by atomic mass is 16.1. The third-order valence-corrected chi connectivity index (χ3v) is 1.99. The monoisotopic (exact) mass is 208 g/mol. The van der Waals surface area contributed by atoms with Crippen molar-refractivity contribution in [1.82, 2.24) is 4.98 Å². The van der Waals surface area contributed by atoms with Crippen molar-refractivity contribution >= 4 is 17.4 Å². The van der Waals surface area contributed by atoms with Gasteiger partial charge in [-0.15, -0.1) is 0 Å². The van der Waals surface area contributed by atoms with Crippen LogP contribution in [0.15, 0.2) is 12.3 Å². The van der Waals surface area contributed by atoms with Crippen molar-refractivity contribution in [2.75, 3.05) is 17.6 Å². The Labute approximate surface area is 88.9 Å². The number of hydrogen-bond donors (Lipinski definition) is 3. The van der Waals surface area contributed by atoms with Crippen LogP contribution in [0.5, 0.6) is 0 Å². The molecule has 0 saturated carbocycles. The van der Waals surface area contributed by atoms with Gasteiger partial charge in [0.2, 0.25) is 5.91 Å². The first-order valence-corrected chi connectivity index (χ1v) is 4.84. The van der Waals surface area contributed by atoms with Crippen LogP contribution in [-0.2, 0) is 4.79 Å². The van der Waals surface area contributed by atoms with E-state index in [2.05, 4.69) is 10.3 Å². The molecular formula is C10H16N4O. The maximum Gasteiger partial charge on any atom is 0.217 e. The second-order valence-electron chi connectivity index (χ2n) is 3.43. The number of aryl methyl sites for hydroxylation is 1. The Kier molecular flexibility index (Phi) is 3.91. The highest BCUT2D eigenvalue weighted by molar-refractivity contribution is 5.73. The number of nitrogens with one attached hydrogen (secondary N) is 1. The molecule has 0 aliphatic heterocycles. The number of nitrogens with zero attached hydrogens (tertiary/aromatic N) is 1. The smallest absolute Gasteiger partial charge is 0.217 e. The van der Waals surface area contributed by atoms with Gasteiger partial charge in [-0.2, -0.15) is 0 Å². The Balaban J connectivity index is 2.40. The van der Waals surface area contributed by atoms with E-state index in [4.69, 9.17) is 11.5 Å². The first-order valence-electron chi connectivity index (χ1n) is 4.84. The third kappa shape index (κ3) is 3.84. The van der Waals surface area contributed by atoms with Crippen LogP contribution in [0.3, 0.4) is 0 Å². The average molecular weight is 208 g/mol. The molecule has 0 spiro atoms. The molecule has 1 aromatic rings. The second kappa shape index (κ2) is 5.19. The number of nitrogen functional groups attached to an aromatic ring is 1. The van der Waals surface area contributed by atoms with E-state index in [9.17, 15) is 4.79 Å². The second-order valence-corrected chi connectivity index (χ2v) is 3.43. The molecule has 0 aliphatic carbocycles. The highest BCUT2D eigenvalue weighted by Gasteiger charge is 2.00. The predicted molar refractivity (Wildman–Crippen MR) is 60.3 cm³/mol. The number of nitrogens with two attached hydrogens (primary N) is 2. The molecule has 0 aliphatic rings. The molecule has 1 heterocycles. The Morgan fingerprint density at radius 3 is 2.93 bits per heavy atom. The molecule has 0 bridgehead atoms. The summed E-state index contributed by atoms with van der Waals surface area (Å²) in [6.45, 7) is 2.61. The molecule has 0 radical (unpaired) electrons. The van der Waals surface area contributed by atoms with E-state index in [1.54, 1.807) is 6.20 Å². The molecule has 0 unspecified atom stereocenters. The van der Waals surface area contributed by atoms with Crippen molar-refractivity contribution in [3.8, 4) is 0 Å². The van der Waals surface area contributed by atoms with Gasteiger partial charge in [-0.25, -0.2) is 4.98 Å². The van der Waals surface area contributed by atoms with Crippen LogP contribution in [0.4, 0.5) is 11.5 Å². The molecule has 0 saturated heterocycles. The van der Waals surface area contributed by atoms with E-state index in [1.165, 1.54) is 0 Å². The molecule has 1 rings (SSSR count). The van der Waals surface area contributed by atoms with Gasteiger partial charge in [0.15, 0.2) is 0 Å². The molecular weight excluding hydrogens is 192 g/mol. The molecule has 82 valence electrons. The van der Waals surface area contributed by atoms with Crippen LogP contribution in [0.2, 0.25) is 0 Å². The lowest BCUT2D eigenvalue weighted by Crippen LogP contribution is -2.13. The zero-order valence-electron chi connectivity index (χ0n) is 8.79. The molecule has 0 atom stereocenters. The number of amides is 1. The standard InChI is InChI=1S/C10H16N4O/c1-7-5-8(11)6-14-10(7)13-4-2-3-9(12)15/h5-6H,2-4,11H2,1H3,(H2,12,15)(H,13,14). The van der Waals surface area contributed by atoms with E-state index in [1.807, 2.05) is 13.0 Å². The minimum atomic E-state index is -0.279. The Morgan fingerprint density at radius 2 is 2.33 bits per heavy atom. The summed E-state index contributed by atoms with van der Waals surface area (Å²) in [4.78, 5) is 14.6. The van der Waals surface area contributed by atoms with E-state index in [0.717, 1.165) is 11.4 Å². The van der Waals surface area contributed by atoms with Crippen molar-refractivity contribution in [1.29, 1.82) is 0 Å². The summed E-state index contributed by atoms with van der Waals surface area (Å²) in [6, 6.07) is 1.85. The molecule has 5 nitrogen and oxygen atoms in total. The van der Waals surface area contributed by atoms with Crippen molar-refractivity contribution in [2.24, 2.45) is 5.73 Å². The minimum Gasteiger partial charge on any atom is -0.397 e. The number of rotatable bonds is 5. The van der Waals surface area contributed by atoms with E-state index in [-0.39, 0.29) is 5.91 Å². The van der Waals surface area contributed by atoms with Gasteiger partial charge < -0.3 is 16.8 Å². The number of primary amides is 1. The van der Waals surface area contributed by atoms with E-state index in [0.29, 0.717) is 25.1 Å². The molecule has 5 N–H and O–H groups in total. The van der Waals surface area contributed by atoms with Crippen LogP contribution < -0.4 is 16.8 Å². The summed E-state index contributed by atoms with van der Waals surface area (Å²) in [5, 5.41) is 3.12. The van der Waals surface area contributed by atoms with Crippen LogP contribution in [0, 0.1) is 6.92 Å². The zero-order valence-corrected chi connectivity index (χ0v) is 8.79. The Hall–Kier alpha value is -1.78. The number of pyridine rings is 1. The summed E-state index contributed by atoms with van der Waals surface area (Å²) >= 11 is 0. The van der Waals surface area contributed by atoms with E-state index >= 15 is 0 Å². The minimum absolute atomic E-state index is 0.279. The Morgan fingerprint density at radius 1 is 1.60 bits per heavy atom. The van der Waals surface area contributed by atoms with Gasteiger partial charge in [-0.1, -0.05) is 0 Å². The fourth-order valence-corrected chi connectivity index (χ4v) is 1.25. The molecule has 1 amide bonds. The van der Waals surface area contributed by atoms with Gasteiger partial charge >= 0.3 is 0 Å². The lowest BCUT2D eigenvalue weighted by Gasteiger charge is -2.07. The van der Waals surface area contributed by atoms with E-state index < -0.39 is 0 Å². The van der Waals surface area contributed by atoms with Gasteiger partial charge in [0.1, 0.15) is 5.82 Å². The number of carbonyl (C=O) groups excluding carboxylic acids is 1. The molecule has 0 aromatic carbocycles. The summed E-state index contributed by atoms with van der Waals surface area (Å²) in [5.74, 6) is 0.521. The van der Waals surface area contributed by atoms with Gasteiger partial charge in [0, 0.05) is 13.0 Å². The van der Waals surface area contributed by atoms with Crippen molar-refractivity contribution in [2.45, 2.75) is 19.8 Å². The van der Waals surface area contributed by atoms with Crippen molar-refractivity contribution in [3.05, 3.63) is 17.8 Å². The fraction of sp³-hybridized carbons (Fsp3) is 0.400. The maximum absolute atomic E-state index is 10.5. The van der Waals surface area contributed by atoms with Gasteiger partial charge in [0.25, 0.3) is 0 Å². The quantitative estimate of drug-likeness (QED) is 0.619. The maximum atomic E-state index is 10.5. The van der Waals surface area contributed by atoms with Crippen molar-refractivity contribution < 1.29 is 4.79 Å². The third-order valence-electron chi connectivity index (χ3n) is 1.99. The zero-order chi connectivity index (χ0) is 11.3. The van der Waals surface area contributed by atoms with Crippen LogP contribution >= 0.6 is 0 Å². The summed E-state index contributed by atoms with van der Waals surface area (Å²) in [7, 11) is 0. The average Bonchev–Trinajstić information content (AvgIpc) is 2.14. The number of hydrogen-bond acceptors (Lipinski definition) is 4. The summed E-state index contributed by atoms with van der Waals surface area (Å²) < 4.78 is 0. The highest BCUT2D eigenvalue weighted by Crippen LogP contribution is 2.13. The first-order chi connectivity index (χ1) is 7.09. The molecule has 5 heteroatoms. The van der Waals surface area contributed by atoms with Crippen LogP contribution in [-0.4, -0.2) is 17.4 Å². The van der Waals surface area contributed by atoms with Crippen LogP contribution in [0.1, 0.15) is 18.4 Å². The first kappa shape index (κ1) is 11.3. The molecule has 1 aromatic heterocycles. The molecule has 0 fully saturated rings. The Bertz CT molecular complexity index is 351. The SMILES string of the molecule is Cc1cc(N)cnc1NCCCC(N)=O. The van der Waals surface area contributed by atoms with Crippen molar-refractivity contribution in [3.63, 3.8) is 0 Å². The van der Waals surface area contributed by atoms with Gasteiger partial charge in [-0.05, 0) is 25.0 Å². The lowest BCUT2D eigenvalue weighted by atomic mass is 10.2. The number of aromatic nitrogens is 1. The van der Waals surface area contributed by atoms with Crippen LogP contribution in [0.25, 0.3) is 0 Å². The largest absolute Gasteiger partial charge is 0.397 e. The van der Waals surface area contributed by atoms with Gasteiger partial charge in [-0.3, -0.25) is 4.79 Å². The molecule has 15 heavy (non-hydrogen) atoms. The lowest BCUT2D eigenvalue weighted by molar-refractivity contribution is -0.118. The summed E-state index contributed by atoms with van der Waals surface area (Å²) in [5.41, 5.74) is 12.2. The fourth-order valence-electron chi connectivity index (χ4n) is 1.25. The topological polar surface area (TPSA) is 94.0 Å².